The predicted molar refractivity (Wildman–Crippen MR) is 137 cm³/mol. The lowest BCUT2D eigenvalue weighted by atomic mass is 10.2. The molecule has 166 valence electrons. The molecule has 0 radical (unpaired) electrons. The third-order valence-electron chi connectivity index (χ3n) is 4.95. The van der Waals surface area contributed by atoms with E-state index in [1.165, 1.54) is 0 Å². The fraction of sp³-hybridized carbons (Fsp3) is 0.333. The number of halogens is 2. The fourth-order valence-corrected chi connectivity index (χ4v) is 4.29. The lowest BCUT2D eigenvalue weighted by Crippen LogP contribution is -2.44. The summed E-state index contributed by atoms with van der Waals surface area (Å²) in [6.07, 6.45) is 2.67. The van der Waals surface area contributed by atoms with Crippen molar-refractivity contribution in [3.63, 3.8) is 0 Å². The highest BCUT2D eigenvalue weighted by Gasteiger charge is 2.25. The van der Waals surface area contributed by atoms with Crippen LogP contribution in [0.2, 0.25) is 5.02 Å². The van der Waals surface area contributed by atoms with Crippen molar-refractivity contribution in [1.29, 1.82) is 0 Å². The van der Waals surface area contributed by atoms with E-state index in [0.717, 1.165) is 47.5 Å². The van der Waals surface area contributed by atoms with Crippen LogP contribution in [-0.4, -0.2) is 44.2 Å². The Hall–Kier alpha value is -1.98. The van der Waals surface area contributed by atoms with Gasteiger partial charge in [-0.25, -0.2) is 4.98 Å². The topological polar surface area (TPSA) is 74.9 Å². The summed E-state index contributed by atoms with van der Waals surface area (Å²) in [6.45, 7) is 2.29. The molecule has 0 spiro atoms. The second kappa shape index (κ2) is 11.1. The second-order valence-corrected chi connectivity index (χ2v) is 8.32. The number of oxazole rings is 1. The van der Waals surface area contributed by atoms with Crippen LogP contribution in [0.3, 0.4) is 0 Å². The summed E-state index contributed by atoms with van der Waals surface area (Å²) in [7, 11) is 3.44. The average molecular weight is 574 g/mol. The standard InChI is InChI=1S/C21H24ClN5O2S.HI/c1-23-21(24-11-16-13-29-20(25-16)19-4-3-9-30-19)26-15-7-8-27(12-15)17-10-14(22)5-6-18(17)28-2;/h3-6,9-10,13,15H,7-8,11-12H2,1-2H3,(H2,23,24,26);1H. The highest BCUT2D eigenvalue weighted by atomic mass is 127. The van der Waals surface area contributed by atoms with E-state index in [0.29, 0.717) is 17.5 Å². The minimum Gasteiger partial charge on any atom is -0.495 e. The summed E-state index contributed by atoms with van der Waals surface area (Å²) in [5.41, 5.74) is 1.85. The molecule has 10 heteroatoms. The Balaban J connectivity index is 0.00000272. The van der Waals surface area contributed by atoms with Crippen LogP contribution in [0.5, 0.6) is 5.75 Å². The molecular weight excluding hydrogens is 549 g/mol. The Morgan fingerprint density at radius 3 is 3.03 bits per heavy atom. The molecule has 0 aliphatic carbocycles. The SMILES string of the molecule is CN=C(NCc1coc(-c2cccs2)n1)NC1CCN(c2cc(Cl)ccc2OC)C1.I. The number of guanidine groups is 1. The minimum absolute atomic E-state index is 0. The number of benzene rings is 1. The predicted octanol–water partition coefficient (Wildman–Crippen LogP) is 4.63. The van der Waals surface area contributed by atoms with Crippen LogP contribution in [0.15, 0.2) is 51.4 Å². The number of ether oxygens (including phenoxy) is 1. The summed E-state index contributed by atoms with van der Waals surface area (Å²) in [6, 6.07) is 9.94. The molecule has 1 saturated heterocycles. The Morgan fingerprint density at radius 2 is 2.29 bits per heavy atom. The van der Waals surface area contributed by atoms with Crippen LogP contribution < -0.4 is 20.3 Å². The molecule has 2 N–H and O–H groups in total. The van der Waals surface area contributed by atoms with Gasteiger partial charge in [0.1, 0.15) is 12.0 Å². The van der Waals surface area contributed by atoms with Crippen LogP contribution in [0.4, 0.5) is 5.69 Å². The molecule has 7 nitrogen and oxygen atoms in total. The van der Waals surface area contributed by atoms with E-state index in [1.54, 1.807) is 31.8 Å². The first-order valence-corrected chi connectivity index (χ1v) is 11.0. The zero-order chi connectivity index (χ0) is 20.9. The van der Waals surface area contributed by atoms with Crippen molar-refractivity contribution in [3.8, 4) is 16.5 Å². The Bertz CT molecular complexity index is 1010. The molecule has 0 amide bonds. The van der Waals surface area contributed by atoms with E-state index in [4.69, 9.17) is 20.8 Å². The van der Waals surface area contributed by atoms with Crippen LogP contribution in [0, 0.1) is 0 Å². The minimum atomic E-state index is 0. The van der Waals surface area contributed by atoms with Gasteiger partial charge in [-0.05, 0) is 36.1 Å². The number of aliphatic imine (C=N–C) groups is 1. The third kappa shape index (κ3) is 5.83. The van der Waals surface area contributed by atoms with Crippen LogP contribution in [0.25, 0.3) is 10.8 Å². The number of hydrogen-bond acceptors (Lipinski definition) is 6. The first kappa shape index (κ1) is 23.7. The molecule has 0 saturated carbocycles. The smallest absolute Gasteiger partial charge is 0.236 e. The van der Waals surface area contributed by atoms with Crippen LogP contribution in [0.1, 0.15) is 12.1 Å². The Labute approximate surface area is 207 Å². The van der Waals surface area contributed by atoms with E-state index in [1.807, 2.05) is 35.7 Å². The molecule has 1 aliphatic rings. The fourth-order valence-electron chi connectivity index (χ4n) is 3.47. The van der Waals surface area contributed by atoms with E-state index < -0.39 is 0 Å². The second-order valence-electron chi connectivity index (χ2n) is 6.94. The molecule has 1 unspecified atom stereocenters. The molecule has 4 rings (SSSR count). The lowest BCUT2D eigenvalue weighted by molar-refractivity contribution is 0.415. The lowest BCUT2D eigenvalue weighted by Gasteiger charge is -2.22. The Kier molecular flexibility index (Phi) is 8.44. The maximum atomic E-state index is 6.19. The molecule has 1 atom stereocenters. The van der Waals surface area contributed by atoms with E-state index in [9.17, 15) is 0 Å². The molecule has 2 aromatic heterocycles. The zero-order valence-corrected chi connectivity index (χ0v) is 21.2. The molecule has 1 aliphatic heterocycles. The average Bonchev–Trinajstić information content (AvgIpc) is 3.52. The molecule has 3 aromatic rings. The zero-order valence-electron chi connectivity index (χ0n) is 17.3. The van der Waals surface area contributed by atoms with Crippen molar-refractivity contribution in [2.45, 2.75) is 19.0 Å². The van der Waals surface area contributed by atoms with Gasteiger partial charge in [0.25, 0.3) is 0 Å². The molecule has 31 heavy (non-hydrogen) atoms. The van der Waals surface area contributed by atoms with E-state index in [-0.39, 0.29) is 30.0 Å². The van der Waals surface area contributed by atoms with Gasteiger partial charge in [-0.1, -0.05) is 17.7 Å². The summed E-state index contributed by atoms with van der Waals surface area (Å²) in [4.78, 5) is 12.2. The molecule has 1 aromatic carbocycles. The maximum Gasteiger partial charge on any atom is 0.236 e. The summed E-state index contributed by atoms with van der Waals surface area (Å²) in [5.74, 6) is 2.21. The molecule has 1 fully saturated rings. The van der Waals surface area contributed by atoms with Gasteiger partial charge in [-0.2, -0.15) is 0 Å². The molecule has 0 bridgehead atoms. The largest absolute Gasteiger partial charge is 0.495 e. The molecule has 3 heterocycles. The monoisotopic (exact) mass is 573 g/mol. The normalized spacial score (nSPS) is 16.2. The maximum absolute atomic E-state index is 6.19. The van der Waals surface area contributed by atoms with Crippen molar-refractivity contribution in [3.05, 3.63) is 52.7 Å². The van der Waals surface area contributed by atoms with Gasteiger partial charge < -0.3 is 24.7 Å². The number of methoxy groups -OCH3 is 1. The first-order valence-electron chi connectivity index (χ1n) is 9.70. The van der Waals surface area contributed by atoms with Gasteiger partial charge in [0, 0.05) is 31.2 Å². The van der Waals surface area contributed by atoms with Crippen LogP contribution in [-0.2, 0) is 6.54 Å². The Morgan fingerprint density at radius 1 is 1.42 bits per heavy atom. The summed E-state index contributed by atoms with van der Waals surface area (Å²) >= 11 is 7.80. The number of rotatable bonds is 6. The van der Waals surface area contributed by atoms with Crippen molar-refractivity contribution in [2.75, 3.05) is 32.1 Å². The van der Waals surface area contributed by atoms with Gasteiger partial charge in [0.15, 0.2) is 5.96 Å². The number of anilines is 1. The van der Waals surface area contributed by atoms with Gasteiger partial charge in [-0.15, -0.1) is 35.3 Å². The highest BCUT2D eigenvalue weighted by molar-refractivity contribution is 14.0. The van der Waals surface area contributed by atoms with E-state index >= 15 is 0 Å². The third-order valence-corrected chi connectivity index (χ3v) is 6.05. The van der Waals surface area contributed by atoms with Crippen molar-refractivity contribution < 1.29 is 9.15 Å². The van der Waals surface area contributed by atoms with Gasteiger partial charge in [0.05, 0.1) is 29.9 Å². The number of thiophene rings is 1. The quantitative estimate of drug-likeness (QED) is 0.255. The van der Waals surface area contributed by atoms with Gasteiger partial charge in [0.2, 0.25) is 5.89 Å². The van der Waals surface area contributed by atoms with E-state index in [2.05, 4.69) is 25.5 Å². The van der Waals surface area contributed by atoms with Crippen molar-refractivity contribution >= 4 is 58.6 Å². The summed E-state index contributed by atoms with van der Waals surface area (Å²) in [5, 5.41) is 9.51. The summed E-state index contributed by atoms with van der Waals surface area (Å²) < 4.78 is 11.1. The molecular formula is C21H25ClIN5O2S. The van der Waals surface area contributed by atoms with Gasteiger partial charge in [-0.3, -0.25) is 4.99 Å². The van der Waals surface area contributed by atoms with Crippen LogP contribution >= 0.6 is 46.9 Å². The number of nitrogens with zero attached hydrogens (tertiary/aromatic N) is 3. The number of hydrogen-bond donors (Lipinski definition) is 2. The highest BCUT2D eigenvalue weighted by Crippen LogP contribution is 2.33. The van der Waals surface area contributed by atoms with Gasteiger partial charge >= 0.3 is 0 Å². The number of nitrogens with one attached hydrogen (secondary N) is 2. The van der Waals surface area contributed by atoms with Crippen molar-refractivity contribution in [1.82, 2.24) is 15.6 Å². The van der Waals surface area contributed by atoms with Crippen molar-refractivity contribution in [2.24, 2.45) is 4.99 Å². The first-order chi connectivity index (χ1) is 14.7. The number of aromatic nitrogens is 1.